The van der Waals surface area contributed by atoms with Gasteiger partial charge in [0.1, 0.15) is 11.3 Å². The van der Waals surface area contributed by atoms with E-state index in [9.17, 15) is 9.59 Å². The first-order valence-corrected chi connectivity index (χ1v) is 6.41. The molecule has 1 unspecified atom stereocenters. The first-order valence-electron chi connectivity index (χ1n) is 6.41. The highest BCUT2D eigenvalue weighted by molar-refractivity contribution is 5.86. The van der Waals surface area contributed by atoms with Gasteiger partial charge in [-0.2, -0.15) is 0 Å². The molecule has 2 aromatic rings. The third-order valence-electron chi connectivity index (χ3n) is 3.27. The number of aryl methyl sites for hydroxylation is 1. The molecule has 0 spiro atoms. The molecule has 1 fully saturated rings. The van der Waals surface area contributed by atoms with E-state index in [-0.39, 0.29) is 6.10 Å². The van der Waals surface area contributed by atoms with Crippen LogP contribution in [0.2, 0.25) is 0 Å². The second-order valence-corrected chi connectivity index (χ2v) is 4.92. The van der Waals surface area contributed by atoms with Crippen LogP contribution < -0.4 is 10.4 Å². The predicted octanol–water partition coefficient (Wildman–Crippen LogP) is 1.97. The van der Waals surface area contributed by atoms with Crippen molar-refractivity contribution in [2.75, 3.05) is 6.61 Å². The maximum Gasteiger partial charge on any atom is 0.336 e. The first kappa shape index (κ1) is 12.9. The van der Waals surface area contributed by atoms with Crippen molar-refractivity contribution in [1.29, 1.82) is 0 Å². The van der Waals surface area contributed by atoms with Crippen molar-refractivity contribution in [3.63, 3.8) is 0 Å². The number of carbonyl (C=O) groups excluding carboxylic acids is 1. The van der Waals surface area contributed by atoms with Crippen molar-refractivity contribution < 1.29 is 18.7 Å². The zero-order valence-corrected chi connectivity index (χ0v) is 11.3. The highest BCUT2D eigenvalue weighted by atomic mass is 16.6. The Hall–Kier alpha value is -2.14. The molecule has 5 heteroatoms. The number of ether oxygens (including phenoxy) is 2. The number of epoxide rings is 1. The van der Waals surface area contributed by atoms with E-state index in [1.54, 1.807) is 12.1 Å². The molecule has 5 nitrogen and oxygen atoms in total. The van der Waals surface area contributed by atoms with E-state index in [2.05, 4.69) is 0 Å². The van der Waals surface area contributed by atoms with Crippen molar-refractivity contribution in [3.05, 3.63) is 39.7 Å². The molecule has 0 bridgehead atoms. The number of hydrogen-bond donors (Lipinski definition) is 0. The lowest BCUT2D eigenvalue weighted by Gasteiger charge is -2.12. The average Bonchev–Trinajstić information content (AvgIpc) is 3.17. The number of esters is 1. The summed E-state index contributed by atoms with van der Waals surface area (Å²) in [6, 6.07) is 4.91. The number of benzene rings is 1. The van der Waals surface area contributed by atoms with E-state index >= 15 is 0 Å². The number of fused-ring (bicyclic) bond motifs is 1. The molecule has 3 rings (SSSR count). The Bertz CT molecular complexity index is 740. The second kappa shape index (κ2) is 4.76. The largest absolute Gasteiger partial charge is 0.426 e. The van der Waals surface area contributed by atoms with Crippen LogP contribution >= 0.6 is 0 Å². The van der Waals surface area contributed by atoms with Gasteiger partial charge in [0, 0.05) is 30.4 Å². The molecule has 0 N–H and O–H groups in total. The molecule has 0 saturated carbocycles. The van der Waals surface area contributed by atoms with Gasteiger partial charge in [-0.3, -0.25) is 4.79 Å². The fourth-order valence-corrected chi connectivity index (χ4v) is 2.28. The molecular weight excluding hydrogens is 260 g/mol. The molecule has 1 atom stereocenters. The summed E-state index contributed by atoms with van der Waals surface area (Å²) in [4.78, 5) is 22.7. The molecule has 1 saturated heterocycles. The molecule has 104 valence electrons. The highest BCUT2D eigenvalue weighted by Gasteiger charge is 2.27. The number of carbonyl (C=O) groups is 1. The van der Waals surface area contributed by atoms with Gasteiger partial charge in [-0.25, -0.2) is 4.79 Å². The fourth-order valence-electron chi connectivity index (χ4n) is 2.28. The zero-order chi connectivity index (χ0) is 14.3. The summed E-state index contributed by atoms with van der Waals surface area (Å²) >= 11 is 0. The Labute approximate surface area is 115 Å². The van der Waals surface area contributed by atoms with Gasteiger partial charge in [0.2, 0.25) is 0 Å². The van der Waals surface area contributed by atoms with E-state index in [1.165, 1.54) is 13.0 Å². The van der Waals surface area contributed by atoms with Gasteiger partial charge < -0.3 is 13.9 Å². The van der Waals surface area contributed by atoms with Crippen LogP contribution in [0.3, 0.4) is 0 Å². The van der Waals surface area contributed by atoms with Crippen molar-refractivity contribution >= 4 is 16.9 Å². The van der Waals surface area contributed by atoms with Crippen LogP contribution in [0.1, 0.15) is 18.1 Å². The average molecular weight is 274 g/mol. The van der Waals surface area contributed by atoms with Crippen molar-refractivity contribution in [3.8, 4) is 5.75 Å². The summed E-state index contributed by atoms with van der Waals surface area (Å²) in [5.74, 6) is 0.0346. The topological polar surface area (TPSA) is 69.0 Å². The maximum atomic E-state index is 11.5. The third kappa shape index (κ3) is 2.44. The lowest BCUT2D eigenvalue weighted by atomic mass is 10.0. The van der Waals surface area contributed by atoms with Crippen LogP contribution in [-0.2, 0) is 16.0 Å². The fraction of sp³-hybridized carbons (Fsp3) is 0.333. The molecular formula is C15H14O5. The minimum atomic E-state index is -0.421. The van der Waals surface area contributed by atoms with Gasteiger partial charge in [-0.05, 0) is 24.6 Å². The Morgan fingerprint density at radius 2 is 2.20 bits per heavy atom. The van der Waals surface area contributed by atoms with Crippen LogP contribution in [0.5, 0.6) is 5.75 Å². The van der Waals surface area contributed by atoms with Gasteiger partial charge in [0.05, 0.1) is 12.7 Å². The Kier molecular flexibility index (Phi) is 3.06. The minimum Gasteiger partial charge on any atom is -0.426 e. The normalized spacial score (nSPS) is 17.2. The molecule has 1 aliphatic rings. The summed E-state index contributed by atoms with van der Waals surface area (Å²) in [6.45, 7) is 3.90. The van der Waals surface area contributed by atoms with Crippen LogP contribution in [0.15, 0.2) is 27.4 Å². The van der Waals surface area contributed by atoms with E-state index < -0.39 is 11.6 Å². The smallest absolute Gasteiger partial charge is 0.336 e. The Balaban J connectivity index is 2.24. The first-order chi connectivity index (χ1) is 9.54. The molecule has 20 heavy (non-hydrogen) atoms. The molecule has 1 aliphatic heterocycles. The lowest BCUT2D eigenvalue weighted by Crippen LogP contribution is -2.08. The molecule has 0 radical (unpaired) electrons. The second-order valence-electron chi connectivity index (χ2n) is 4.92. The van der Waals surface area contributed by atoms with Crippen LogP contribution in [0.4, 0.5) is 0 Å². The minimum absolute atomic E-state index is 0.0979. The summed E-state index contributed by atoms with van der Waals surface area (Å²) in [5, 5.41) is 0.844. The van der Waals surface area contributed by atoms with Crippen LogP contribution in [0, 0.1) is 6.92 Å². The summed E-state index contributed by atoms with van der Waals surface area (Å²) in [7, 11) is 0. The van der Waals surface area contributed by atoms with Gasteiger partial charge in [-0.15, -0.1) is 0 Å². The van der Waals surface area contributed by atoms with Crippen LogP contribution in [0.25, 0.3) is 11.0 Å². The highest BCUT2D eigenvalue weighted by Crippen LogP contribution is 2.33. The van der Waals surface area contributed by atoms with Crippen molar-refractivity contribution in [1.82, 2.24) is 0 Å². The molecule has 2 heterocycles. The molecule has 1 aromatic carbocycles. The summed E-state index contributed by atoms with van der Waals surface area (Å²) in [5.41, 5.74) is 1.65. The van der Waals surface area contributed by atoms with Crippen molar-refractivity contribution in [2.45, 2.75) is 26.4 Å². The van der Waals surface area contributed by atoms with Gasteiger partial charge >= 0.3 is 11.6 Å². The number of hydrogen-bond acceptors (Lipinski definition) is 5. The SMILES string of the molecule is CC(=O)Oc1cc(C)c2ccc(=O)oc2c1CC1CO1. The van der Waals surface area contributed by atoms with Crippen LogP contribution in [-0.4, -0.2) is 18.7 Å². The zero-order valence-electron chi connectivity index (χ0n) is 11.3. The maximum absolute atomic E-state index is 11.5. The Morgan fingerprint density at radius 1 is 1.45 bits per heavy atom. The number of rotatable bonds is 3. The van der Waals surface area contributed by atoms with E-state index in [0.717, 1.165) is 10.9 Å². The van der Waals surface area contributed by atoms with Gasteiger partial charge in [0.15, 0.2) is 0 Å². The van der Waals surface area contributed by atoms with Gasteiger partial charge in [0.25, 0.3) is 0 Å². The molecule has 0 aliphatic carbocycles. The quantitative estimate of drug-likeness (QED) is 0.370. The summed E-state index contributed by atoms with van der Waals surface area (Å²) < 4.78 is 15.8. The summed E-state index contributed by atoms with van der Waals surface area (Å²) in [6.07, 6.45) is 0.660. The van der Waals surface area contributed by atoms with E-state index in [4.69, 9.17) is 13.9 Å². The van der Waals surface area contributed by atoms with E-state index in [1.807, 2.05) is 6.92 Å². The van der Waals surface area contributed by atoms with E-state index in [0.29, 0.717) is 29.9 Å². The third-order valence-corrected chi connectivity index (χ3v) is 3.27. The molecule has 0 amide bonds. The lowest BCUT2D eigenvalue weighted by molar-refractivity contribution is -0.131. The standard InChI is InChI=1S/C15H14O5/c1-8-5-13(19-9(2)16)12(6-10-7-18-10)15-11(8)3-4-14(17)20-15/h3-5,10H,6-7H2,1-2H3. The van der Waals surface area contributed by atoms with Crippen molar-refractivity contribution in [2.24, 2.45) is 0 Å². The Morgan fingerprint density at radius 3 is 2.85 bits per heavy atom. The van der Waals surface area contributed by atoms with Gasteiger partial charge in [-0.1, -0.05) is 0 Å². The molecule has 1 aromatic heterocycles. The monoisotopic (exact) mass is 274 g/mol. The predicted molar refractivity (Wildman–Crippen MR) is 72.0 cm³/mol.